The number of hydrogen-bond donors (Lipinski definition) is 1. The monoisotopic (exact) mass is 408 g/mol. The maximum Gasteiger partial charge on any atom is 0.264 e. The minimum atomic E-state index is -0.0450. The number of carbonyl (C=O) groups is 1. The van der Waals surface area contributed by atoms with Crippen LogP contribution in [0.5, 0.6) is 0 Å². The summed E-state index contributed by atoms with van der Waals surface area (Å²) in [6, 6.07) is 22.0. The number of thiazole rings is 1. The van der Waals surface area contributed by atoms with E-state index in [4.69, 9.17) is 0 Å². The predicted octanol–water partition coefficient (Wildman–Crippen LogP) is 4.70. The summed E-state index contributed by atoms with van der Waals surface area (Å²) in [7, 11) is 0. The van der Waals surface area contributed by atoms with Crippen LogP contribution in [0.4, 0.5) is 0 Å². The summed E-state index contributed by atoms with van der Waals surface area (Å²) < 4.78 is 1.14. The van der Waals surface area contributed by atoms with Crippen LogP contribution in [0.2, 0.25) is 0 Å². The fourth-order valence-corrected chi connectivity index (χ4v) is 5.04. The van der Waals surface area contributed by atoms with Gasteiger partial charge < -0.3 is 10.0 Å². The number of hydrogen-bond acceptors (Lipinski definition) is 5. The van der Waals surface area contributed by atoms with Crippen molar-refractivity contribution in [3.8, 4) is 9.88 Å². The largest absolute Gasteiger partial charge is 0.395 e. The van der Waals surface area contributed by atoms with Crippen molar-refractivity contribution >= 4 is 38.8 Å². The number of carbonyl (C=O) groups excluding carboxylic acids is 1. The summed E-state index contributed by atoms with van der Waals surface area (Å²) in [5, 5.41) is 10.3. The van der Waals surface area contributed by atoms with Gasteiger partial charge in [0.2, 0.25) is 0 Å². The molecule has 0 fully saturated rings. The molecule has 0 aliphatic rings. The van der Waals surface area contributed by atoms with Crippen LogP contribution in [-0.2, 0) is 6.42 Å². The molecule has 6 heteroatoms. The number of benzene rings is 2. The van der Waals surface area contributed by atoms with Crippen molar-refractivity contribution in [2.75, 3.05) is 19.7 Å². The van der Waals surface area contributed by atoms with E-state index in [0.717, 1.165) is 26.5 Å². The van der Waals surface area contributed by atoms with Crippen LogP contribution >= 0.6 is 22.7 Å². The van der Waals surface area contributed by atoms with Crippen LogP contribution in [0.15, 0.2) is 66.7 Å². The Morgan fingerprint density at radius 3 is 2.50 bits per heavy atom. The van der Waals surface area contributed by atoms with Gasteiger partial charge in [-0.05, 0) is 36.2 Å². The van der Waals surface area contributed by atoms with Gasteiger partial charge in [-0.3, -0.25) is 4.79 Å². The molecule has 0 spiro atoms. The maximum absolute atomic E-state index is 13.0. The van der Waals surface area contributed by atoms with E-state index in [1.54, 1.807) is 16.2 Å². The van der Waals surface area contributed by atoms with Crippen molar-refractivity contribution in [1.82, 2.24) is 9.88 Å². The molecule has 1 amide bonds. The Morgan fingerprint density at radius 1 is 0.929 bits per heavy atom. The lowest BCUT2D eigenvalue weighted by atomic mass is 10.1. The van der Waals surface area contributed by atoms with Crippen LogP contribution in [0.1, 0.15) is 15.2 Å². The van der Waals surface area contributed by atoms with Gasteiger partial charge in [-0.15, -0.1) is 22.7 Å². The fourth-order valence-electron chi connectivity index (χ4n) is 3.05. The highest BCUT2D eigenvalue weighted by molar-refractivity contribution is 7.26. The van der Waals surface area contributed by atoms with Crippen molar-refractivity contribution in [1.29, 1.82) is 0 Å². The van der Waals surface area contributed by atoms with E-state index in [-0.39, 0.29) is 12.5 Å². The average molecular weight is 409 g/mol. The van der Waals surface area contributed by atoms with E-state index < -0.39 is 0 Å². The van der Waals surface area contributed by atoms with Crippen molar-refractivity contribution in [2.24, 2.45) is 0 Å². The fraction of sp³-hybridized carbons (Fsp3) is 0.182. The second-order valence-electron chi connectivity index (χ2n) is 6.40. The van der Waals surface area contributed by atoms with Gasteiger partial charge in [0.1, 0.15) is 5.01 Å². The van der Waals surface area contributed by atoms with E-state index in [0.29, 0.717) is 18.0 Å². The van der Waals surface area contributed by atoms with E-state index in [1.807, 2.05) is 48.5 Å². The molecule has 0 aliphatic heterocycles. The SMILES string of the molecule is O=C(c1ccc(-c2nc3ccccc3s2)s1)N(CCO)CCc1ccccc1. The van der Waals surface area contributed by atoms with Crippen LogP contribution < -0.4 is 0 Å². The Kier molecular flexibility index (Phi) is 5.81. The third-order valence-electron chi connectivity index (χ3n) is 4.49. The van der Waals surface area contributed by atoms with E-state index in [2.05, 4.69) is 23.2 Å². The van der Waals surface area contributed by atoms with E-state index >= 15 is 0 Å². The summed E-state index contributed by atoms with van der Waals surface area (Å²) >= 11 is 3.10. The molecular weight excluding hydrogens is 388 g/mol. The quantitative estimate of drug-likeness (QED) is 0.482. The molecule has 4 nitrogen and oxygen atoms in total. The first-order chi connectivity index (χ1) is 13.7. The molecule has 0 atom stereocenters. The van der Waals surface area contributed by atoms with Gasteiger partial charge in [-0.1, -0.05) is 42.5 Å². The number of rotatable bonds is 7. The van der Waals surface area contributed by atoms with Gasteiger partial charge in [0.05, 0.1) is 26.6 Å². The van der Waals surface area contributed by atoms with Crippen molar-refractivity contribution in [3.05, 3.63) is 77.2 Å². The molecule has 4 rings (SSSR count). The van der Waals surface area contributed by atoms with Crippen LogP contribution in [0.25, 0.3) is 20.1 Å². The number of fused-ring (bicyclic) bond motifs is 1. The van der Waals surface area contributed by atoms with E-state index in [9.17, 15) is 9.90 Å². The molecule has 0 saturated carbocycles. The van der Waals surface area contributed by atoms with Gasteiger partial charge in [0, 0.05) is 13.1 Å². The molecule has 2 aromatic carbocycles. The number of aliphatic hydroxyl groups is 1. The molecule has 0 saturated heterocycles. The minimum Gasteiger partial charge on any atom is -0.395 e. The van der Waals surface area contributed by atoms with Crippen LogP contribution in [-0.4, -0.2) is 40.6 Å². The molecule has 142 valence electrons. The zero-order chi connectivity index (χ0) is 19.3. The van der Waals surface area contributed by atoms with Gasteiger partial charge >= 0.3 is 0 Å². The first-order valence-corrected chi connectivity index (χ1v) is 10.8. The number of aromatic nitrogens is 1. The topological polar surface area (TPSA) is 53.4 Å². The third-order valence-corrected chi connectivity index (χ3v) is 6.77. The smallest absolute Gasteiger partial charge is 0.264 e. The summed E-state index contributed by atoms with van der Waals surface area (Å²) in [4.78, 5) is 21.1. The van der Waals surface area contributed by atoms with Gasteiger partial charge in [0.15, 0.2) is 0 Å². The molecule has 4 aromatic rings. The van der Waals surface area contributed by atoms with Crippen LogP contribution in [0.3, 0.4) is 0 Å². The van der Waals surface area contributed by atoms with Crippen molar-refractivity contribution in [3.63, 3.8) is 0 Å². The molecule has 0 bridgehead atoms. The summed E-state index contributed by atoms with van der Waals surface area (Å²) in [5.41, 5.74) is 2.16. The Hall–Kier alpha value is -2.54. The van der Waals surface area contributed by atoms with E-state index in [1.165, 1.54) is 16.9 Å². The van der Waals surface area contributed by atoms with Gasteiger partial charge in [-0.2, -0.15) is 0 Å². The molecule has 28 heavy (non-hydrogen) atoms. The normalized spacial score (nSPS) is 11.0. The number of aliphatic hydroxyl groups excluding tert-OH is 1. The lowest BCUT2D eigenvalue weighted by molar-refractivity contribution is 0.0729. The Morgan fingerprint density at radius 2 is 1.71 bits per heavy atom. The number of amides is 1. The van der Waals surface area contributed by atoms with Crippen molar-refractivity contribution < 1.29 is 9.90 Å². The Balaban J connectivity index is 1.51. The molecule has 0 radical (unpaired) electrons. The highest BCUT2D eigenvalue weighted by Gasteiger charge is 2.19. The highest BCUT2D eigenvalue weighted by Crippen LogP contribution is 2.34. The predicted molar refractivity (Wildman–Crippen MR) is 116 cm³/mol. The summed E-state index contributed by atoms with van der Waals surface area (Å²) in [6.45, 7) is 0.869. The standard InChI is InChI=1S/C22H20N2O2S2/c25-15-14-24(13-12-16-6-2-1-3-7-16)22(26)20-11-10-19(27-20)21-23-17-8-4-5-9-18(17)28-21/h1-11,25H,12-15H2. The molecular formula is C22H20N2O2S2. The minimum absolute atomic E-state index is 0.0395. The lowest BCUT2D eigenvalue weighted by Crippen LogP contribution is -2.34. The first-order valence-electron chi connectivity index (χ1n) is 9.14. The second-order valence-corrected chi connectivity index (χ2v) is 8.52. The number of nitrogens with zero attached hydrogens (tertiary/aromatic N) is 2. The van der Waals surface area contributed by atoms with Gasteiger partial charge in [-0.25, -0.2) is 4.98 Å². The molecule has 0 aliphatic carbocycles. The number of thiophene rings is 1. The van der Waals surface area contributed by atoms with Crippen molar-refractivity contribution in [2.45, 2.75) is 6.42 Å². The third kappa shape index (κ3) is 4.14. The molecule has 2 heterocycles. The molecule has 2 aromatic heterocycles. The highest BCUT2D eigenvalue weighted by atomic mass is 32.1. The zero-order valence-corrected chi connectivity index (χ0v) is 16.9. The molecule has 1 N–H and O–H groups in total. The Bertz CT molecular complexity index is 1040. The second kappa shape index (κ2) is 8.65. The van der Waals surface area contributed by atoms with Crippen LogP contribution in [0, 0.1) is 0 Å². The maximum atomic E-state index is 13.0. The molecule has 0 unspecified atom stereocenters. The Labute approximate surface area is 171 Å². The first kappa shape index (κ1) is 18.8. The summed E-state index contributed by atoms with van der Waals surface area (Å²) in [6.07, 6.45) is 0.767. The lowest BCUT2D eigenvalue weighted by Gasteiger charge is -2.21. The van der Waals surface area contributed by atoms with Gasteiger partial charge in [0.25, 0.3) is 5.91 Å². The average Bonchev–Trinajstić information content (AvgIpc) is 3.38. The summed E-state index contributed by atoms with van der Waals surface area (Å²) in [5.74, 6) is -0.0395. The zero-order valence-electron chi connectivity index (χ0n) is 15.2. The number of para-hydroxylation sites is 1.